The van der Waals surface area contributed by atoms with Crippen LogP contribution in [0.2, 0.25) is 0 Å². The molecule has 1 aromatic carbocycles. The molecule has 2 aromatic heterocycles. The molecule has 0 aliphatic rings. The van der Waals surface area contributed by atoms with Gasteiger partial charge in [0, 0.05) is 23.9 Å². The highest BCUT2D eigenvalue weighted by molar-refractivity contribution is 7.90. The highest BCUT2D eigenvalue weighted by Crippen LogP contribution is 2.22. The van der Waals surface area contributed by atoms with Gasteiger partial charge in [0.2, 0.25) is 0 Å². The summed E-state index contributed by atoms with van der Waals surface area (Å²) in [6.45, 7) is 5.32. The van der Waals surface area contributed by atoms with Crippen LogP contribution < -0.4 is 0 Å². The van der Waals surface area contributed by atoms with Crippen LogP contribution in [-0.2, 0) is 19.6 Å². The van der Waals surface area contributed by atoms with Gasteiger partial charge >= 0.3 is 5.97 Å². The first-order valence-electron chi connectivity index (χ1n) is 8.46. The number of halogens is 1. The first kappa shape index (κ1) is 19.8. The van der Waals surface area contributed by atoms with Crippen molar-refractivity contribution in [1.82, 2.24) is 8.96 Å². The normalized spacial score (nSPS) is 12.6. The Hall–Kier alpha value is -3.00. The van der Waals surface area contributed by atoms with Crippen molar-refractivity contribution < 1.29 is 22.3 Å². The molecule has 2 heterocycles. The molecule has 0 spiro atoms. The molecule has 0 radical (unpaired) electrons. The molecule has 3 aromatic rings. The van der Waals surface area contributed by atoms with Crippen molar-refractivity contribution in [3.05, 3.63) is 66.2 Å². The summed E-state index contributed by atoms with van der Waals surface area (Å²) >= 11 is 0. The van der Waals surface area contributed by atoms with Crippen molar-refractivity contribution in [2.24, 2.45) is 0 Å². The van der Waals surface area contributed by atoms with Gasteiger partial charge in [0.15, 0.2) is 5.65 Å². The van der Waals surface area contributed by atoms with E-state index in [1.54, 1.807) is 39.0 Å². The van der Waals surface area contributed by atoms with Crippen LogP contribution in [0.25, 0.3) is 17.1 Å². The maximum atomic E-state index is 13.1. The minimum absolute atomic E-state index is 0.0397. The van der Waals surface area contributed by atoms with E-state index >= 15 is 0 Å². The molecule has 28 heavy (non-hydrogen) atoms. The zero-order chi connectivity index (χ0) is 20.5. The summed E-state index contributed by atoms with van der Waals surface area (Å²) < 4.78 is 44.9. The van der Waals surface area contributed by atoms with Crippen LogP contribution >= 0.6 is 0 Å². The van der Waals surface area contributed by atoms with Gasteiger partial charge in [-0.2, -0.15) is 0 Å². The van der Waals surface area contributed by atoms with E-state index in [0.29, 0.717) is 10.9 Å². The molecular weight excluding hydrogens is 383 g/mol. The van der Waals surface area contributed by atoms with Gasteiger partial charge in [-0.15, -0.1) is 0 Å². The maximum Gasteiger partial charge on any atom is 0.331 e. The largest absolute Gasteiger partial charge is 0.457 e. The van der Waals surface area contributed by atoms with Crippen LogP contribution in [0.1, 0.15) is 26.3 Å². The smallest absolute Gasteiger partial charge is 0.331 e. The van der Waals surface area contributed by atoms with Crippen LogP contribution in [0.3, 0.4) is 0 Å². The molecule has 0 saturated heterocycles. The van der Waals surface area contributed by atoms with E-state index in [1.165, 1.54) is 30.6 Å². The first-order chi connectivity index (χ1) is 13.1. The summed E-state index contributed by atoms with van der Waals surface area (Å²) in [6.07, 6.45) is 5.68. The Morgan fingerprint density at radius 3 is 2.50 bits per heavy atom. The minimum atomic E-state index is -3.90. The van der Waals surface area contributed by atoms with Gasteiger partial charge in [-0.3, -0.25) is 0 Å². The average Bonchev–Trinajstić information content (AvgIpc) is 3.03. The van der Waals surface area contributed by atoms with Gasteiger partial charge in [0.05, 0.1) is 4.90 Å². The molecule has 0 unspecified atom stereocenters. The number of hydrogen-bond acceptors (Lipinski definition) is 5. The third kappa shape index (κ3) is 4.28. The summed E-state index contributed by atoms with van der Waals surface area (Å²) in [7, 11) is -3.90. The van der Waals surface area contributed by atoms with Gasteiger partial charge in [-0.05, 0) is 68.8 Å². The molecular formula is C20H19FN2O4S. The van der Waals surface area contributed by atoms with Gasteiger partial charge in [0.1, 0.15) is 11.4 Å². The lowest BCUT2D eigenvalue weighted by molar-refractivity contribution is -0.148. The lowest BCUT2D eigenvalue weighted by Crippen LogP contribution is -2.22. The number of fused-ring (bicyclic) bond motifs is 1. The fourth-order valence-electron chi connectivity index (χ4n) is 2.52. The molecule has 0 saturated carbocycles. The molecule has 0 bridgehead atoms. The highest BCUT2D eigenvalue weighted by Gasteiger charge is 2.20. The third-order valence-electron chi connectivity index (χ3n) is 3.70. The van der Waals surface area contributed by atoms with Gasteiger partial charge < -0.3 is 4.74 Å². The summed E-state index contributed by atoms with van der Waals surface area (Å²) in [6, 6.07) is 7.90. The van der Waals surface area contributed by atoms with Crippen molar-refractivity contribution in [1.29, 1.82) is 0 Å². The Bertz CT molecular complexity index is 1160. The number of pyridine rings is 1. The number of carbonyl (C=O) groups excluding carboxylic acids is 1. The molecule has 8 heteroatoms. The zero-order valence-electron chi connectivity index (χ0n) is 15.6. The number of benzene rings is 1. The Morgan fingerprint density at radius 1 is 1.18 bits per heavy atom. The monoisotopic (exact) mass is 402 g/mol. The topological polar surface area (TPSA) is 78.3 Å². The van der Waals surface area contributed by atoms with E-state index in [2.05, 4.69) is 4.98 Å². The van der Waals surface area contributed by atoms with E-state index in [4.69, 9.17) is 4.74 Å². The molecule has 6 nitrogen and oxygen atoms in total. The van der Waals surface area contributed by atoms with E-state index in [-0.39, 0.29) is 10.5 Å². The van der Waals surface area contributed by atoms with Crippen molar-refractivity contribution in [3.8, 4) is 0 Å². The summed E-state index contributed by atoms with van der Waals surface area (Å²) in [5.41, 5.74) is 0.268. The molecule has 0 aliphatic heterocycles. The Morgan fingerprint density at radius 2 is 1.86 bits per heavy atom. The summed E-state index contributed by atoms with van der Waals surface area (Å²) in [4.78, 5) is 15.9. The number of esters is 1. The van der Waals surface area contributed by atoms with Crippen molar-refractivity contribution in [3.63, 3.8) is 0 Å². The lowest BCUT2D eigenvalue weighted by atomic mass is 10.2. The van der Waals surface area contributed by atoms with E-state index in [1.807, 2.05) is 0 Å². The summed E-state index contributed by atoms with van der Waals surface area (Å²) in [5.74, 6) is -1.00. The fraction of sp³-hybridized carbons (Fsp3) is 0.200. The number of aromatic nitrogens is 2. The standard InChI is InChI=1S/C20H19FN2O4S/c1-20(2,3)27-18(24)9-4-14-12-15-10-11-23(19(15)22-13-14)28(25,26)17-7-5-16(21)6-8-17/h4-13H,1-3H3/b9-4+. The van der Waals surface area contributed by atoms with E-state index in [0.717, 1.165) is 16.1 Å². The van der Waals surface area contributed by atoms with Crippen LogP contribution in [0.4, 0.5) is 4.39 Å². The number of nitrogens with zero attached hydrogens (tertiary/aromatic N) is 2. The second kappa shape index (κ2) is 7.20. The highest BCUT2D eigenvalue weighted by atomic mass is 32.2. The fourth-order valence-corrected chi connectivity index (χ4v) is 3.83. The van der Waals surface area contributed by atoms with Crippen molar-refractivity contribution in [2.75, 3.05) is 0 Å². The van der Waals surface area contributed by atoms with Gasteiger partial charge in [0.25, 0.3) is 10.0 Å². The van der Waals surface area contributed by atoms with Crippen molar-refractivity contribution in [2.45, 2.75) is 31.3 Å². The molecule has 0 fully saturated rings. The predicted octanol–water partition coefficient (Wildman–Crippen LogP) is 3.77. The Kier molecular flexibility index (Phi) is 5.08. The molecule has 0 atom stereocenters. The first-order valence-corrected chi connectivity index (χ1v) is 9.90. The quantitative estimate of drug-likeness (QED) is 0.490. The number of ether oxygens (including phenoxy) is 1. The number of hydrogen-bond donors (Lipinski definition) is 0. The zero-order valence-corrected chi connectivity index (χ0v) is 16.4. The predicted molar refractivity (Wildman–Crippen MR) is 104 cm³/mol. The third-order valence-corrected chi connectivity index (χ3v) is 5.38. The second-order valence-electron chi connectivity index (χ2n) is 7.12. The Balaban J connectivity index is 1.91. The second-order valence-corrected chi connectivity index (χ2v) is 8.93. The summed E-state index contributed by atoms with van der Waals surface area (Å²) in [5, 5.41) is 0.581. The number of carbonyl (C=O) groups is 1. The van der Waals surface area contributed by atoms with Crippen LogP contribution in [0.5, 0.6) is 0 Å². The van der Waals surface area contributed by atoms with Gasteiger partial charge in [-0.25, -0.2) is 26.6 Å². The molecule has 146 valence electrons. The maximum absolute atomic E-state index is 13.1. The lowest BCUT2D eigenvalue weighted by Gasteiger charge is -2.17. The van der Waals surface area contributed by atoms with Crippen LogP contribution in [0.15, 0.2) is 59.8 Å². The van der Waals surface area contributed by atoms with Crippen LogP contribution in [0, 0.1) is 5.82 Å². The van der Waals surface area contributed by atoms with Crippen LogP contribution in [-0.4, -0.2) is 28.9 Å². The Labute approximate surface area is 162 Å². The molecule has 3 rings (SSSR count). The molecule has 0 amide bonds. The number of rotatable bonds is 4. The average molecular weight is 402 g/mol. The molecule has 0 aliphatic carbocycles. The van der Waals surface area contributed by atoms with Crippen molar-refractivity contribution >= 4 is 33.1 Å². The van der Waals surface area contributed by atoms with Gasteiger partial charge in [-0.1, -0.05) is 0 Å². The SMILES string of the molecule is CC(C)(C)OC(=O)/C=C/c1cnc2c(ccn2S(=O)(=O)c2ccc(F)cc2)c1. The minimum Gasteiger partial charge on any atom is -0.457 e. The molecule has 0 N–H and O–H groups in total. The van der Waals surface area contributed by atoms with E-state index in [9.17, 15) is 17.6 Å². The van der Waals surface area contributed by atoms with E-state index < -0.39 is 27.4 Å².